The van der Waals surface area contributed by atoms with Crippen molar-refractivity contribution in [3.05, 3.63) is 71.6 Å². The highest BCUT2D eigenvalue weighted by molar-refractivity contribution is 5.95. The van der Waals surface area contributed by atoms with Crippen LogP contribution in [-0.4, -0.2) is 40.8 Å². The Balaban J connectivity index is 2.23. The summed E-state index contributed by atoms with van der Waals surface area (Å²) in [4.78, 5) is 35.2. The third-order valence-electron chi connectivity index (χ3n) is 4.79. The maximum absolute atomic E-state index is 14.1. The summed E-state index contributed by atoms with van der Waals surface area (Å²) in [7, 11) is 0. The van der Waals surface area contributed by atoms with Gasteiger partial charge in [-0.2, -0.15) is 0 Å². The maximum atomic E-state index is 14.1. The van der Waals surface area contributed by atoms with Crippen LogP contribution in [0.2, 0.25) is 0 Å². The summed E-state index contributed by atoms with van der Waals surface area (Å²) in [6, 6.07) is 9.82. The fourth-order valence-corrected chi connectivity index (χ4v) is 3.13. The van der Waals surface area contributed by atoms with Crippen molar-refractivity contribution in [1.29, 1.82) is 0 Å². The Hall–Kier alpha value is -3.76. The van der Waals surface area contributed by atoms with Crippen molar-refractivity contribution in [2.24, 2.45) is 0 Å². The average molecular weight is 474 g/mol. The minimum Gasteiger partial charge on any atom is -0.505 e. The van der Waals surface area contributed by atoms with Crippen LogP contribution in [0.1, 0.15) is 48.7 Å². The number of rotatable bonds is 11. The lowest BCUT2D eigenvalue weighted by Gasteiger charge is -2.27. The van der Waals surface area contributed by atoms with E-state index < -0.39 is 35.8 Å². The second-order valence-corrected chi connectivity index (χ2v) is 7.24. The molecule has 34 heavy (non-hydrogen) atoms. The van der Waals surface area contributed by atoms with Gasteiger partial charge in [-0.3, -0.25) is 20.1 Å². The van der Waals surface area contributed by atoms with Crippen LogP contribution in [0.4, 0.5) is 14.9 Å². The van der Waals surface area contributed by atoms with Crippen molar-refractivity contribution < 1.29 is 38.6 Å². The third-order valence-corrected chi connectivity index (χ3v) is 4.79. The third kappa shape index (κ3) is 7.98. The second-order valence-electron chi connectivity index (χ2n) is 7.24. The quantitative estimate of drug-likeness (QED) is 0.165. The van der Waals surface area contributed by atoms with Gasteiger partial charge in [0.1, 0.15) is 0 Å². The number of halogens is 1. The molecule has 0 aliphatic rings. The van der Waals surface area contributed by atoms with Gasteiger partial charge in [0.15, 0.2) is 23.5 Å². The number of aromatic hydroxyl groups is 1. The van der Waals surface area contributed by atoms with Crippen LogP contribution in [0.25, 0.3) is 0 Å². The minimum atomic E-state index is -1.05. The van der Waals surface area contributed by atoms with Gasteiger partial charge in [0.05, 0.1) is 6.10 Å². The summed E-state index contributed by atoms with van der Waals surface area (Å²) in [5, 5.41) is 20.7. The van der Waals surface area contributed by atoms with Crippen LogP contribution in [0.3, 0.4) is 0 Å². The molecule has 0 unspecified atom stereocenters. The average Bonchev–Trinajstić information content (AvgIpc) is 2.81. The number of carbonyl (C=O) groups is 3. The maximum Gasteiger partial charge on any atom is 0.412 e. The molecule has 10 heteroatoms. The number of ketones is 1. The van der Waals surface area contributed by atoms with Gasteiger partial charge in [0.25, 0.3) is 5.91 Å². The van der Waals surface area contributed by atoms with Crippen LogP contribution in [-0.2, 0) is 14.3 Å². The van der Waals surface area contributed by atoms with Crippen molar-refractivity contribution in [2.45, 2.75) is 38.9 Å². The van der Waals surface area contributed by atoms with E-state index in [1.165, 1.54) is 24.5 Å². The predicted molar refractivity (Wildman–Crippen MR) is 121 cm³/mol. The lowest BCUT2D eigenvalue weighted by molar-refractivity contribution is -0.124. The van der Waals surface area contributed by atoms with E-state index in [1.54, 1.807) is 31.2 Å². The summed E-state index contributed by atoms with van der Waals surface area (Å²) in [5.41, 5.74) is 2.60. The molecule has 0 aliphatic carbocycles. The molecular weight excluding hydrogens is 447 g/mol. The molecule has 0 heterocycles. The van der Waals surface area contributed by atoms with E-state index in [0.29, 0.717) is 17.7 Å². The zero-order valence-corrected chi connectivity index (χ0v) is 18.8. The molecular formula is C24H27FN2O7. The number of ether oxygens (including phenoxy) is 2. The van der Waals surface area contributed by atoms with Crippen molar-refractivity contribution >= 4 is 23.5 Å². The first kappa shape index (κ1) is 26.5. The fourth-order valence-electron chi connectivity index (χ4n) is 3.13. The lowest BCUT2D eigenvalue weighted by atomic mass is 9.99. The molecule has 0 radical (unpaired) electrons. The Morgan fingerprint density at radius 1 is 1.15 bits per heavy atom. The van der Waals surface area contributed by atoms with Crippen LogP contribution < -0.4 is 10.8 Å². The van der Waals surface area contributed by atoms with Gasteiger partial charge in [-0.05, 0) is 68.7 Å². The second kappa shape index (κ2) is 13.1. The number of Topliss-reactive ketones (excluding diaryl/α,β-unsaturated/α-hetero) is 1. The summed E-state index contributed by atoms with van der Waals surface area (Å²) < 4.78 is 25.4. The first-order chi connectivity index (χ1) is 16.2. The Morgan fingerprint density at radius 3 is 2.44 bits per heavy atom. The summed E-state index contributed by atoms with van der Waals surface area (Å²) in [5.74, 6) is -2.25. The Bertz CT molecular complexity index is 1020. The van der Waals surface area contributed by atoms with E-state index in [0.717, 1.165) is 18.2 Å². The highest BCUT2D eigenvalue weighted by Crippen LogP contribution is 2.30. The number of benzene rings is 2. The Labute approximate surface area is 196 Å². The highest BCUT2D eigenvalue weighted by atomic mass is 19.1. The first-order valence-electron chi connectivity index (χ1n) is 10.5. The van der Waals surface area contributed by atoms with Gasteiger partial charge >= 0.3 is 6.09 Å². The molecule has 2 amide bonds. The summed E-state index contributed by atoms with van der Waals surface area (Å²) in [6.45, 7) is 3.44. The van der Waals surface area contributed by atoms with Crippen LogP contribution in [0.15, 0.2) is 54.6 Å². The topological polar surface area (TPSA) is 134 Å². The number of hydroxylamine groups is 1. The molecule has 2 rings (SSSR count). The molecule has 0 saturated heterocycles. The van der Waals surface area contributed by atoms with Crippen molar-refractivity contribution in [1.82, 2.24) is 5.48 Å². The number of allylic oxidation sites excluding steroid dienone is 1. The predicted octanol–water partition coefficient (Wildman–Crippen LogP) is 4.27. The number of phenols is 1. The molecule has 0 spiro atoms. The number of hydrogen-bond acceptors (Lipinski definition) is 7. The normalized spacial score (nSPS) is 12.7. The van der Waals surface area contributed by atoms with E-state index >= 15 is 0 Å². The monoisotopic (exact) mass is 474 g/mol. The molecule has 182 valence electrons. The van der Waals surface area contributed by atoms with E-state index in [-0.39, 0.29) is 24.4 Å². The van der Waals surface area contributed by atoms with Crippen LogP contribution >= 0.6 is 0 Å². The largest absolute Gasteiger partial charge is 0.505 e. The summed E-state index contributed by atoms with van der Waals surface area (Å²) in [6.07, 6.45) is 0.644. The Kier molecular flexibility index (Phi) is 10.2. The van der Waals surface area contributed by atoms with E-state index in [9.17, 15) is 23.9 Å². The number of hydrogen-bond donors (Lipinski definition) is 4. The van der Waals surface area contributed by atoms with Crippen molar-refractivity contribution in [3.63, 3.8) is 0 Å². The molecule has 2 aromatic rings. The minimum absolute atomic E-state index is 0.117. The SMILES string of the molecule is CCO[C@H](CC/C=C/C(=O)NO)[C@H](OC(=O)Nc1ccc(C(C)=O)cc1)c1ccc(O)c(F)c1. The smallest absolute Gasteiger partial charge is 0.412 e. The van der Waals surface area contributed by atoms with Crippen molar-refractivity contribution in [3.8, 4) is 5.75 Å². The number of amides is 2. The summed E-state index contributed by atoms with van der Waals surface area (Å²) >= 11 is 0. The lowest BCUT2D eigenvalue weighted by Crippen LogP contribution is -2.29. The molecule has 4 N–H and O–H groups in total. The fraction of sp³-hybridized carbons (Fsp3) is 0.292. The molecule has 2 aromatic carbocycles. The number of carbonyl (C=O) groups excluding carboxylic acids is 3. The molecule has 0 aromatic heterocycles. The van der Waals surface area contributed by atoms with Gasteiger partial charge in [-0.1, -0.05) is 12.1 Å². The molecule has 9 nitrogen and oxygen atoms in total. The van der Waals surface area contributed by atoms with Crippen LogP contribution in [0.5, 0.6) is 5.75 Å². The van der Waals surface area contributed by atoms with Crippen molar-refractivity contribution in [2.75, 3.05) is 11.9 Å². The molecule has 0 saturated carbocycles. The molecule has 2 atom stereocenters. The van der Waals surface area contributed by atoms with Crippen LogP contribution in [0, 0.1) is 5.82 Å². The van der Waals surface area contributed by atoms with Gasteiger partial charge in [0.2, 0.25) is 0 Å². The zero-order chi connectivity index (χ0) is 25.1. The Morgan fingerprint density at radius 2 is 1.85 bits per heavy atom. The van der Waals surface area contributed by atoms with Gasteiger partial charge in [-0.15, -0.1) is 0 Å². The zero-order valence-electron chi connectivity index (χ0n) is 18.8. The van der Waals surface area contributed by atoms with E-state index in [1.807, 2.05) is 0 Å². The van der Waals surface area contributed by atoms with Gasteiger partial charge in [0, 0.05) is 23.9 Å². The van der Waals surface area contributed by atoms with Gasteiger partial charge in [-0.25, -0.2) is 14.7 Å². The number of anilines is 1. The number of phenolic OH excluding ortho intramolecular Hbond substituents is 1. The highest BCUT2D eigenvalue weighted by Gasteiger charge is 2.28. The number of nitrogens with one attached hydrogen (secondary N) is 2. The van der Waals surface area contributed by atoms with Gasteiger partial charge < -0.3 is 14.6 Å². The first-order valence-corrected chi connectivity index (χ1v) is 10.5. The molecule has 0 fully saturated rings. The standard InChI is InChI=1S/C24H27FN2O7/c1-3-33-21(6-4-5-7-22(30)27-32)23(17-10-13-20(29)19(25)14-17)34-24(31)26-18-11-8-16(9-12-18)15(2)28/h5,7-14,21,23,29,32H,3-4,6H2,1-2H3,(H,26,31)(H,27,30)/b7-5+/t21-,23-/m1/s1. The molecule has 0 aliphatic heterocycles. The van der Waals surface area contributed by atoms with E-state index in [2.05, 4.69) is 5.32 Å². The molecule has 0 bridgehead atoms. The van der Waals surface area contributed by atoms with E-state index in [4.69, 9.17) is 14.7 Å².